The van der Waals surface area contributed by atoms with E-state index in [1.54, 1.807) is 17.8 Å². The third-order valence-electron chi connectivity index (χ3n) is 6.92. The van der Waals surface area contributed by atoms with E-state index < -0.39 is 0 Å². The van der Waals surface area contributed by atoms with Crippen LogP contribution in [0.2, 0.25) is 0 Å². The molecule has 0 radical (unpaired) electrons. The summed E-state index contributed by atoms with van der Waals surface area (Å²) in [6.45, 7) is 8.70. The van der Waals surface area contributed by atoms with Crippen LogP contribution >= 0.6 is 0 Å². The number of aryl methyl sites for hydroxylation is 2. The third kappa shape index (κ3) is 5.11. The molecule has 0 aliphatic carbocycles. The van der Waals surface area contributed by atoms with Gasteiger partial charge in [0.15, 0.2) is 0 Å². The Hall–Kier alpha value is -3.85. The molecule has 0 amide bonds. The van der Waals surface area contributed by atoms with Crippen molar-refractivity contribution in [3.8, 4) is 5.75 Å². The first-order valence-corrected chi connectivity index (χ1v) is 13.1. The molecule has 3 aromatic rings. The molecule has 2 N–H and O–H groups in total. The largest absolute Gasteiger partial charge is 0.488 e. The summed E-state index contributed by atoms with van der Waals surface area (Å²) in [6, 6.07) is 8.05. The Bertz CT molecular complexity index is 1420. The number of pyridine rings is 2. The highest BCUT2D eigenvalue weighted by molar-refractivity contribution is 6.09. The second kappa shape index (κ2) is 11.7. The van der Waals surface area contributed by atoms with Crippen molar-refractivity contribution in [3.63, 3.8) is 0 Å². The number of allylic oxidation sites excluding steroid dienone is 1. The average Bonchev–Trinajstić information content (AvgIpc) is 3.45. The van der Waals surface area contributed by atoms with Crippen LogP contribution in [0, 0.1) is 6.92 Å². The smallest absolute Gasteiger partial charge is 0.253 e. The molecular formula is C29H38N6O3. The Morgan fingerprint density at radius 2 is 1.95 bits per heavy atom. The Labute approximate surface area is 224 Å². The van der Waals surface area contributed by atoms with Crippen molar-refractivity contribution >= 4 is 39.8 Å². The molecule has 202 valence electrons. The van der Waals surface area contributed by atoms with Gasteiger partial charge in [-0.3, -0.25) is 14.8 Å². The molecule has 9 nitrogen and oxygen atoms in total. The highest BCUT2D eigenvalue weighted by Gasteiger charge is 2.26. The summed E-state index contributed by atoms with van der Waals surface area (Å²) >= 11 is 0. The maximum Gasteiger partial charge on any atom is 0.253 e. The molecule has 4 heterocycles. The lowest BCUT2D eigenvalue weighted by molar-refractivity contribution is 0.141. The van der Waals surface area contributed by atoms with Crippen LogP contribution < -0.4 is 25.8 Å². The SMILES string of the molecule is CC.CN=C/C(=C\N)c1cc2c(cn1)N(c1cc(OC3CCOC3)cc3c1cc(C)c(=O)n3C)CCN2C. The molecule has 1 saturated heterocycles. The number of aliphatic imine (C=N–C) groups is 1. The van der Waals surface area contributed by atoms with Gasteiger partial charge in [0.05, 0.1) is 47.7 Å². The van der Waals surface area contributed by atoms with Crippen molar-refractivity contribution in [1.29, 1.82) is 0 Å². The number of hydrogen-bond acceptors (Lipinski definition) is 8. The summed E-state index contributed by atoms with van der Waals surface area (Å²) < 4.78 is 13.5. The van der Waals surface area contributed by atoms with Crippen molar-refractivity contribution < 1.29 is 9.47 Å². The van der Waals surface area contributed by atoms with Gasteiger partial charge in [0, 0.05) is 81.7 Å². The number of benzene rings is 1. The van der Waals surface area contributed by atoms with Crippen LogP contribution in [0.25, 0.3) is 16.5 Å². The fourth-order valence-electron chi connectivity index (χ4n) is 4.95. The van der Waals surface area contributed by atoms with Crippen LogP contribution in [0.5, 0.6) is 5.75 Å². The van der Waals surface area contributed by atoms with Gasteiger partial charge in [-0.25, -0.2) is 0 Å². The minimum absolute atomic E-state index is 0.00322. The molecular weight excluding hydrogens is 480 g/mol. The van der Waals surface area contributed by atoms with Crippen LogP contribution in [0.3, 0.4) is 0 Å². The minimum Gasteiger partial charge on any atom is -0.488 e. The Morgan fingerprint density at radius 3 is 2.63 bits per heavy atom. The summed E-state index contributed by atoms with van der Waals surface area (Å²) in [5.74, 6) is 0.726. The minimum atomic E-state index is -0.0152. The van der Waals surface area contributed by atoms with Crippen molar-refractivity contribution in [3.05, 3.63) is 58.3 Å². The van der Waals surface area contributed by atoms with Gasteiger partial charge in [-0.1, -0.05) is 13.8 Å². The fraction of sp³-hybridized carbons (Fsp3) is 0.414. The Kier molecular flexibility index (Phi) is 8.36. The third-order valence-corrected chi connectivity index (χ3v) is 6.92. The van der Waals surface area contributed by atoms with Gasteiger partial charge in [0.1, 0.15) is 11.9 Å². The van der Waals surface area contributed by atoms with Crippen LogP contribution in [0.15, 0.2) is 46.4 Å². The number of hydrogen-bond donors (Lipinski definition) is 1. The monoisotopic (exact) mass is 518 g/mol. The number of likely N-dealkylation sites (N-methyl/N-ethyl adjacent to an activating group) is 1. The van der Waals surface area contributed by atoms with Gasteiger partial charge in [-0.2, -0.15) is 0 Å². The maximum absolute atomic E-state index is 12.8. The van der Waals surface area contributed by atoms with Crippen molar-refractivity contribution in [2.24, 2.45) is 17.8 Å². The van der Waals surface area contributed by atoms with E-state index >= 15 is 0 Å². The zero-order valence-corrected chi connectivity index (χ0v) is 23.2. The first kappa shape index (κ1) is 27.2. The maximum atomic E-state index is 12.8. The standard InChI is InChI=1S/C27H32N6O3.C2H6/c1-17-9-21-23(32(4)27(17)34)10-20(36-19-5-8-35-16-19)11-24(21)33-7-6-31(3)25-12-22(30-15-26(25)33)18(13-28)14-29-2;1-2/h9-15,19H,5-8,16,28H2,1-4H3;1-2H3/b18-13+,29-14?;. The average molecular weight is 519 g/mol. The lowest BCUT2D eigenvalue weighted by Gasteiger charge is -2.37. The zero-order chi connectivity index (χ0) is 27.4. The van der Waals surface area contributed by atoms with E-state index in [1.807, 2.05) is 52.2 Å². The number of anilines is 3. The normalized spacial score (nSPS) is 17.5. The topological polar surface area (TPSA) is 98.2 Å². The first-order chi connectivity index (χ1) is 18.4. The molecule has 38 heavy (non-hydrogen) atoms. The lowest BCUT2D eigenvalue weighted by atomic mass is 10.1. The number of rotatable bonds is 5. The van der Waals surface area contributed by atoms with Crippen LogP contribution in [-0.2, 0) is 11.8 Å². The fourth-order valence-corrected chi connectivity index (χ4v) is 4.95. The van der Waals surface area contributed by atoms with E-state index in [2.05, 4.69) is 27.9 Å². The summed E-state index contributed by atoms with van der Waals surface area (Å²) in [6.07, 6.45) is 5.96. The van der Waals surface area contributed by atoms with Crippen LogP contribution in [-0.4, -0.2) is 62.3 Å². The number of nitrogens with zero attached hydrogens (tertiary/aromatic N) is 5. The summed E-state index contributed by atoms with van der Waals surface area (Å²) in [7, 11) is 5.60. The molecule has 1 fully saturated rings. The lowest BCUT2D eigenvalue weighted by Crippen LogP contribution is -2.37. The van der Waals surface area contributed by atoms with Gasteiger partial charge < -0.3 is 29.6 Å². The van der Waals surface area contributed by atoms with E-state index in [1.165, 1.54) is 6.20 Å². The van der Waals surface area contributed by atoms with E-state index in [4.69, 9.17) is 20.2 Å². The molecule has 9 heteroatoms. The van der Waals surface area contributed by atoms with E-state index in [-0.39, 0.29) is 11.7 Å². The van der Waals surface area contributed by atoms with Crippen LogP contribution in [0.1, 0.15) is 31.5 Å². The summed E-state index contributed by atoms with van der Waals surface area (Å²) in [5, 5.41) is 0.991. The molecule has 5 rings (SSSR count). The Morgan fingerprint density at radius 1 is 1.16 bits per heavy atom. The number of nitrogens with two attached hydrogens (primary N) is 1. The second-order valence-corrected chi connectivity index (χ2v) is 9.31. The molecule has 0 saturated carbocycles. The van der Waals surface area contributed by atoms with Crippen LogP contribution in [0.4, 0.5) is 17.1 Å². The number of aromatic nitrogens is 2. The van der Waals surface area contributed by atoms with Gasteiger partial charge in [-0.05, 0) is 19.1 Å². The molecule has 0 bridgehead atoms. The quantitative estimate of drug-likeness (QED) is 0.510. The number of ether oxygens (including phenoxy) is 2. The second-order valence-electron chi connectivity index (χ2n) is 9.31. The highest BCUT2D eigenvalue weighted by atomic mass is 16.5. The molecule has 1 unspecified atom stereocenters. The van der Waals surface area contributed by atoms with Crippen molar-refractivity contribution in [2.45, 2.75) is 33.3 Å². The molecule has 0 spiro atoms. The molecule has 1 aromatic carbocycles. The van der Waals surface area contributed by atoms with Gasteiger partial charge in [0.2, 0.25) is 0 Å². The zero-order valence-electron chi connectivity index (χ0n) is 23.2. The van der Waals surface area contributed by atoms with Gasteiger partial charge >= 0.3 is 0 Å². The predicted octanol–water partition coefficient (Wildman–Crippen LogP) is 4.02. The highest BCUT2D eigenvalue weighted by Crippen LogP contribution is 2.42. The Balaban J connectivity index is 0.00000164. The first-order valence-electron chi connectivity index (χ1n) is 13.1. The molecule has 2 aliphatic rings. The molecule has 2 aliphatic heterocycles. The van der Waals surface area contributed by atoms with E-state index in [0.717, 1.165) is 64.5 Å². The van der Waals surface area contributed by atoms with E-state index in [0.29, 0.717) is 18.8 Å². The summed E-state index contributed by atoms with van der Waals surface area (Å²) in [5.41, 5.74) is 11.9. The van der Waals surface area contributed by atoms with Crippen molar-refractivity contribution in [1.82, 2.24) is 9.55 Å². The van der Waals surface area contributed by atoms with Crippen molar-refractivity contribution in [2.75, 3.05) is 50.2 Å². The predicted molar refractivity (Wildman–Crippen MR) is 156 cm³/mol. The van der Waals surface area contributed by atoms with E-state index in [9.17, 15) is 4.79 Å². The van der Waals surface area contributed by atoms with Gasteiger partial charge in [0.25, 0.3) is 5.56 Å². The molecule has 2 aromatic heterocycles. The molecule has 1 atom stereocenters. The number of fused-ring (bicyclic) bond motifs is 2. The summed E-state index contributed by atoms with van der Waals surface area (Å²) in [4.78, 5) is 26.1. The van der Waals surface area contributed by atoms with Gasteiger partial charge in [-0.15, -0.1) is 0 Å².